The molecular formula is C16H25FN2O. The molecule has 3 nitrogen and oxygen atoms in total. The van der Waals surface area contributed by atoms with E-state index in [-0.39, 0.29) is 11.7 Å². The van der Waals surface area contributed by atoms with Crippen molar-refractivity contribution < 1.29 is 9.18 Å². The Kier molecular flexibility index (Phi) is 8.63. The van der Waals surface area contributed by atoms with Gasteiger partial charge in [0.2, 0.25) is 5.91 Å². The quantitative estimate of drug-likeness (QED) is 0.647. The number of amides is 1. The highest BCUT2D eigenvalue weighted by molar-refractivity contribution is 5.75. The number of carbonyl (C=O) groups is 1. The van der Waals surface area contributed by atoms with E-state index in [9.17, 15) is 9.18 Å². The molecule has 0 spiro atoms. The van der Waals surface area contributed by atoms with Gasteiger partial charge in [-0.15, -0.1) is 0 Å². The van der Waals surface area contributed by atoms with Crippen LogP contribution in [0.5, 0.6) is 0 Å². The van der Waals surface area contributed by atoms with Crippen LogP contribution in [0.25, 0.3) is 0 Å². The number of hydrogen-bond donors (Lipinski definition) is 2. The van der Waals surface area contributed by atoms with Crippen LogP contribution in [0.3, 0.4) is 0 Å². The summed E-state index contributed by atoms with van der Waals surface area (Å²) in [6, 6.07) is 6.79. The van der Waals surface area contributed by atoms with Gasteiger partial charge in [0.05, 0.1) is 0 Å². The van der Waals surface area contributed by atoms with Gasteiger partial charge in [-0.1, -0.05) is 38.0 Å². The Balaban J connectivity index is 2.02. The maximum absolute atomic E-state index is 13.3. The van der Waals surface area contributed by atoms with Gasteiger partial charge in [0, 0.05) is 19.5 Å². The smallest absolute Gasteiger partial charge is 0.221 e. The van der Waals surface area contributed by atoms with E-state index in [4.69, 9.17) is 0 Å². The van der Waals surface area contributed by atoms with Gasteiger partial charge >= 0.3 is 0 Å². The predicted molar refractivity (Wildman–Crippen MR) is 80.1 cm³/mol. The van der Waals surface area contributed by atoms with Crippen molar-refractivity contribution in [1.29, 1.82) is 0 Å². The van der Waals surface area contributed by atoms with Crippen molar-refractivity contribution >= 4 is 5.91 Å². The molecule has 0 atom stereocenters. The first kappa shape index (κ1) is 16.6. The Morgan fingerprint density at radius 1 is 1.15 bits per heavy atom. The molecule has 0 saturated carbocycles. The summed E-state index contributed by atoms with van der Waals surface area (Å²) in [6.45, 7) is 4.22. The molecule has 1 aromatic carbocycles. The highest BCUT2D eigenvalue weighted by Gasteiger charge is 2.01. The lowest BCUT2D eigenvalue weighted by Crippen LogP contribution is -2.29. The van der Waals surface area contributed by atoms with Crippen molar-refractivity contribution in [1.82, 2.24) is 10.6 Å². The van der Waals surface area contributed by atoms with Crippen LogP contribution < -0.4 is 10.6 Å². The molecule has 1 amide bonds. The summed E-state index contributed by atoms with van der Waals surface area (Å²) in [6.07, 6.45) is 4.48. The van der Waals surface area contributed by atoms with Gasteiger partial charge < -0.3 is 10.6 Å². The lowest BCUT2D eigenvalue weighted by atomic mass is 10.1. The monoisotopic (exact) mass is 280 g/mol. The van der Waals surface area contributed by atoms with Crippen LogP contribution in [0.1, 0.15) is 38.2 Å². The fourth-order valence-electron chi connectivity index (χ4n) is 1.94. The summed E-state index contributed by atoms with van der Waals surface area (Å²) in [7, 11) is 0. The molecule has 0 aliphatic heterocycles. The first-order valence-electron chi connectivity index (χ1n) is 7.45. The van der Waals surface area contributed by atoms with E-state index in [1.165, 1.54) is 6.07 Å². The summed E-state index contributed by atoms with van der Waals surface area (Å²) >= 11 is 0. The molecule has 20 heavy (non-hydrogen) atoms. The third-order valence-corrected chi connectivity index (χ3v) is 3.16. The molecular weight excluding hydrogens is 255 g/mol. The van der Waals surface area contributed by atoms with Crippen LogP contribution in [-0.4, -0.2) is 25.5 Å². The van der Waals surface area contributed by atoms with Crippen molar-refractivity contribution in [2.24, 2.45) is 0 Å². The maximum Gasteiger partial charge on any atom is 0.221 e. The van der Waals surface area contributed by atoms with E-state index in [0.29, 0.717) is 31.5 Å². The molecule has 0 bridgehead atoms. The predicted octanol–water partition coefficient (Wildman–Crippen LogP) is 2.65. The minimum Gasteiger partial charge on any atom is -0.356 e. The van der Waals surface area contributed by atoms with E-state index in [0.717, 1.165) is 25.8 Å². The number of unbranched alkanes of at least 4 members (excludes halogenated alkanes) is 2. The zero-order chi connectivity index (χ0) is 14.6. The Morgan fingerprint density at radius 3 is 2.70 bits per heavy atom. The Morgan fingerprint density at radius 2 is 1.95 bits per heavy atom. The number of benzene rings is 1. The molecule has 0 fully saturated rings. The van der Waals surface area contributed by atoms with E-state index in [1.807, 2.05) is 6.07 Å². The summed E-state index contributed by atoms with van der Waals surface area (Å²) in [5, 5.41) is 6.06. The standard InChI is InChI=1S/C16H25FN2O/c1-2-3-6-11-19-16(20)10-13-18-12-9-14-7-4-5-8-15(14)17/h4-5,7-8,18H,2-3,6,9-13H2,1H3,(H,19,20). The third-order valence-electron chi connectivity index (χ3n) is 3.16. The lowest BCUT2D eigenvalue weighted by molar-refractivity contribution is -0.121. The number of carbonyl (C=O) groups excluding carboxylic acids is 1. The maximum atomic E-state index is 13.3. The van der Waals surface area contributed by atoms with Gasteiger partial charge in [0.1, 0.15) is 5.82 Å². The highest BCUT2D eigenvalue weighted by atomic mass is 19.1. The van der Waals surface area contributed by atoms with Crippen LogP contribution in [0.2, 0.25) is 0 Å². The normalized spacial score (nSPS) is 10.5. The average molecular weight is 280 g/mol. The third kappa shape index (κ3) is 7.24. The van der Waals surface area contributed by atoms with Crippen LogP contribution in [-0.2, 0) is 11.2 Å². The first-order valence-corrected chi connectivity index (χ1v) is 7.45. The Labute approximate surface area is 121 Å². The molecule has 0 aliphatic carbocycles. The van der Waals surface area contributed by atoms with Crippen LogP contribution >= 0.6 is 0 Å². The minimum atomic E-state index is -0.164. The largest absolute Gasteiger partial charge is 0.356 e. The van der Waals surface area contributed by atoms with Crippen molar-refractivity contribution in [3.63, 3.8) is 0 Å². The molecule has 0 aromatic heterocycles. The van der Waals surface area contributed by atoms with Gasteiger partial charge in [-0.05, 0) is 31.0 Å². The van der Waals surface area contributed by atoms with E-state index in [1.54, 1.807) is 12.1 Å². The molecule has 0 radical (unpaired) electrons. The van der Waals surface area contributed by atoms with Crippen molar-refractivity contribution in [3.05, 3.63) is 35.6 Å². The molecule has 112 valence electrons. The second-order valence-electron chi connectivity index (χ2n) is 4.90. The van der Waals surface area contributed by atoms with E-state index < -0.39 is 0 Å². The zero-order valence-electron chi connectivity index (χ0n) is 12.3. The van der Waals surface area contributed by atoms with E-state index in [2.05, 4.69) is 17.6 Å². The number of hydrogen-bond acceptors (Lipinski definition) is 2. The molecule has 4 heteroatoms. The number of halogens is 1. The topological polar surface area (TPSA) is 41.1 Å². The summed E-state index contributed by atoms with van der Waals surface area (Å²) in [4.78, 5) is 11.5. The Bertz CT molecular complexity index is 396. The van der Waals surface area contributed by atoms with Crippen molar-refractivity contribution in [2.45, 2.75) is 39.0 Å². The fourth-order valence-corrected chi connectivity index (χ4v) is 1.94. The molecule has 0 unspecified atom stereocenters. The second-order valence-corrected chi connectivity index (χ2v) is 4.90. The van der Waals surface area contributed by atoms with Gasteiger partial charge in [-0.3, -0.25) is 4.79 Å². The van der Waals surface area contributed by atoms with Crippen LogP contribution in [0.4, 0.5) is 4.39 Å². The average Bonchev–Trinajstić information content (AvgIpc) is 2.45. The lowest BCUT2D eigenvalue weighted by Gasteiger charge is -2.07. The van der Waals surface area contributed by atoms with Crippen molar-refractivity contribution in [2.75, 3.05) is 19.6 Å². The molecule has 1 aromatic rings. The summed E-state index contributed by atoms with van der Waals surface area (Å²) in [5.41, 5.74) is 0.712. The van der Waals surface area contributed by atoms with Crippen molar-refractivity contribution in [3.8, 4) is 0 Å². The Hall–Kier alpha value is -1.42. The van der Waals surface area contributed by atoms with Crippen LogP contribution in [0.15, 0.2) is 24.3 Å². The zero-order valence-corrected chi connectivity index (χ0v) is 12.3. The fraction of sp³-hybridized carbons (Fsp3) is 0.562. The minimum absolute atomic E-state index is 0.0829. The van der Waals surface area contributed by atoms with Gasteiger partial charge in [-0.25, -0.2) is 4.39 Å². The van der Waals surface area contributed by atoms with Crippen LogP contribution in [0, 0.1) is 5.82 Å². The second kappa shape index (κ2) is 10.4. The summed E-state index contributed by atoms with van der Waals surface area (Å²) in [5.74, 6) is -0.0811. The van der Waals surface area contributed by atoms with Gasteiger partial charge in [-0.2, -0.15) is 0 Å². The molecule has 2 N–H and O–H groups in total. The van der Waals surface area contributed by atoms with E-state index >= 15 is 0 Å². The molecule has 0 saturated heterocycles. The SMILES string of the molecule is CCCCCNC(=O)CCNCCc1ccccc1F. The van der Waals surface area contributed by atoms with Gasteiger partial charge in [0.15, 0.2) is 0 Å². The molecule has 1 rings (SSSR count). The van der Waals surface area contributed by atoms with Gasteiger partial charge in [0.25, 0.3) is 0 Å². The highest BCUT2D eigenvalue weighted by Crippen LogP contribution is 2.05. The number of rotatable bonds is 10. The summed E-state index contributed by atoms with van der Waals surface area (Å²) < 4.78 is 13.3. The molecule has 0 heterocycles. The first-order chi connectivity index (χ1) is 9.74. The number of nitrogens with one attached hydrogen (secondary N) is 2. The molecule has 0 aliphatic rings.